The van der Waals surface area contributed by atoms with Crippen molar-refractivity contribution in [3.05, 3.63) is 40.4 Å². The van der Waals surface area contributed by atoms with Crippen molar-refractivity contribution in [2.45, 2.75) is 19.0 Å². The van der Waals surface area contributed by atoms with Crippen LogP contribution in [0.25, 0.3) is 11.5 Å². The number of carbonyl (C=O) groups is 3. The summed E-state index contributed by atoms with van der Waals surface area (Å²) in [6, 6.07) is 5.47. The molecule has 0 aromatic carbocycles. The summed E-state index contributed by atoms with van der Waals surface area (Å²) in [7, 11) is 1.78. The van der Waals surface area contributed by atoms with Gasteiger partial charge in [0.05, 0.1) is 22.8 Å². The number of anilines is 1. The van der Waals surface area contributed by atoms with Crippen molar-refractivity contribution in [3.63, 3.8) is 0 Å². The number of hydrogen-bond donors (Lipinski definition) is 2. The van der Waals surface area contributed by atoms with E-state index in [2.05, 4.69) is 20.5 Å². The quantitative estimate of drug-likeness (QED) is 0.385. The number of primary amides is 1. The highest BCUT2D eigenvalue weighted by Gasteiger charge is 2.26. The van der Waals surface area contributed by atoms with E-state index in [1.54, 1.807) is 37.7 Å². The molecule has 3 N–H and O–H groups in total. The summed E-state index contributed by atoms with van der Waals surface area (Å²) in [5.74, 6) is -1.09. The highest BCUT2D eigenvalue weighted by atomic mass is 32.2. The molecule has 10 nitrogen and oxygen atoms in total. The molecule has 2 amide bonds. The number of pyridine rings is 1. The Kier molecular flexibility index (Phi) is 7.02. The minimum Gasteiger partial charge on any atom is -0.462 e. The van der Waals surface area contributed by atoms with E-state index in [0.29, 0.717) is 22.2 Å². The van der Waals surface area contributed by atoms with Crippen molar-refractivity contribution in [1.82, 2.24) is 19.7 Å². The van der Waals surface area contributed by atoms with Gasteiger partial charge < -0.3 is 20.4 Å². The number of amides is 2. The number of carbonyl (C=O) groups excluding carboxylic acids is 3. The summed E-state index contributed by atoms with van der Waals surface area (Å²) in [5, 5.41) is 11.7. The smallest absolute Gasteiger partial charge is 0.341 e. The Bertz CT molecular complexity index is 1130. The van der Waals surface area contributed by atoms with E-state index in [4.69, 9.17) is 10.5 Å². The first kappa shape index (κ1) is 22.4. The molecule has 3 aromatic rings. The molecule has 0 saturated heterocycles. The lowest BCUT2D eigenvalue weighted by Crippen LogP contribution is -2.17. The summed E-state index contributed by atoms with van der Waals surface area (Å²) < 4.78 is 6.79. The van der Waals surface area contributed by atoms with Crippen LogP contribution in [0.4, 0.5) is 5.00 Å². The Hall–Kier alpha value is -3.25. The average molecular weight is 461 g/mol. The maximum atomic E-state index is 12.5. The molecule has 0 spiro atoms. The molecule has 0 aliphatic rings. The van der Waals surface area contributed by atoms with E-state index in [1.165, 1.54) is 11.8 Å². The van der Waals surface area contributed by atoms with Gasteiger partial charge in [-0.15, -0.1) is 21.5 Å². The third-order valence-corrected chi connectivity index (χ3v) is 6.41. The van der Waals surface area contributed by atoms with Crippen molar-refractivity contribution in [1.29, 1.82) is 0 Å². The molecule has 0 atom stereocenters. The zero-order valence-electron chi connectivity index (χ0n) is 17.0. The Balaban J connectivity index is 1.73. The standard InChI is InChI=1S/C19H20N6O4S2/c1-4-29-18(28)13-10(2)14(15(20)27)31-17(13)22-12(26)9-30-19-24-23-16(25(19)3)11-7-5-6-8-21-11/h5-8H,4,9H2,1-3H3,(H2,20,27)(H,22,26). The van der Waals surface area contributed by atoms with Crippen molar-refractivity contribution >= 4 is 45.9 Å². The third kappa shape index (κ3) is 4.91. The van der Waals surface area contributed by atoms with E-state index in [0.717, 1.165) is 11.3 Å². The number of thioether (sulfide) groups is 1. The van der Waals surface area contributed by atoms with E-state index < -0.39 is 11.9 Å². The van der Waals surface area contributed by atoms with Crippen LogP contribution in [0, 0.1) is 6.92 Å². The first-order valence-corrected chi connectivity index (χ1v) is 11.0. The average Bonchev–Trinajstić information content (AvgIpc) is 3.27. The minimum absolute atomic E-state index is 0.0132. The summed E-state index contributed by atoms with van der Waals surface area (Å²) in [5.41, 5.74) is 6.57. The van der Waals surface area contributed by atoms with Crippen molar-refractivity contribution in [2.75, 3.05) is 17.7 Å². The molecular weight excluding hydrogens is 440 g/mol. The molecule has 3 heterocycles. The monoisotopic (exact) mass is 460 g/mol. The van der Waals surface area contributed by atoms with Crippen LogP contribution in [-0.2, 0) is 16.6 Å². The molecule has 0 aliphatic carbocycles. The topological polar surface area (TPSA) is 142 Å². The predicted octanol–water partition coefficient (Wildman–Crippen LogP) is 2.25. The molecule has 0 bridgehead atoms. The first-order valence-electron chi connectivity index (χ1n) is 9.17. The van der Waals surface area contributed by atoms with E-state index in [9.17, 15) is 14.4 Å². The number of nitrogens with zero attached hydrogens (tertiary/aromatic N) is 4. The molecule has 3 aromatic heterocycles. The number of aromatic nitrogens is 4. The number of esters is 1. The van der Waals surface area contributed by atoms with Crippen LogP contribution in [-0.4, -0.2) is 49.9 Å². The van der Waals surface area contributed by atoms with Gasteiger partial charge in [-0.3, -0.25) is 14.6 Å². The molecule has 0 radical (unpaired) electrons. The number of nitrogens with two attached hydrogens (primary N) is 1. The Labute approximate surface area is 186 Å². The summed E-state index contributed by atoms with van der Waals surface area (Å²) in [4.78, 5) is 41.0. The lowest BCUT2D eigenvalue weighted by molar-refractivity contribution is -0.113. The second-order valence-corrected chi connectivity index (χ2v) is 8.23. The Morgan fingerprint density at radius 1 is 1.29 bits per heavy atom. The van der Waals surface area contributed by atoms with Gasteiger partial charge in [0.2, 0.25) is 5.91 Å². The molecular formula is C19H20N6O4S2. The van der Waals surface area contributed by atoms with Crippen LogP contribution >= 0.6 is 23.1 Å². The number of nitrogens with one attached hydrogen (secondary N) is 1. The van der Waals surface area contributed by atoms with Gasteiger partial charge >= 0.3 is 5.97 Å². The predicted molar refractivity (Wildman–Crippen MR) is 117 cm³/mol. The van der Waals surface area contributed by atoms with Gasteiger partial charge in [0.25, 0.3) is 5.91 Å². The third-order valence-electron chi connectivity index (χ3n) is 4.16. The van der Waals surface area contributed by atoms with Gasteiger partial charge in [0, 0.05) is 13.2 Å². The van der Waals surface area contributed by atoms with Crippen LogP contribution in [0.5, 0.6) is 0 Å². The van der Waals surface area contributed by atoms with Gasteiger partial charge in [-0.1, -0.05) is 17.8 Å². The minimum atomic E-state index is -0.677. The summed E-state index contributed by atoms with van der Waals surface area (Å²) in [6.45, 7) is 3.42. The normalized spacial score (nSPS) is 10.7. The number of rotatable bonds is 8. The zero-order valence-corrected chi connectivity index (χ0v) is 18.7. The molecule has 31 heavy (non-hydrogen) atoms. The Morgan fingerprint density at radius 3 is 2.71 bits per heavy atom. The van der Waals surface area contributed by atoms with Gasteiger partial charge in [-0.2, -0.15) is 0 Å². The summed E-state index contributed by atoms with van der Waals surface area (Å²) >= 11 is 2.12. The van der Waals surface area contributed by atoms with Gasteiger partial charge in [-0.05, 0) is 31.5 Å². The van der Waals surface area contributed by atoms with E-state index in [1.807, 2.05) is 12.1 Å². The molecule has 0 fully saturated rings. The number of hydrogen-bond acceptors (Lipinski definition) is 9. The van der Waals surface area contributed by atoms with Crippen LogP contribution in [0.1, 0.15) is 32.5 Å². The molecule has 0 aliphatic heterocycles. The lowest BCUT2D eigenvalue weighted by Gasteiger charge is -2.07. The van der Waals surface area contributed by atoms with E-state index in [-0.39, 0.29) is 33.7 Å². The van der Waals surface area contributed by atoms with Gasteiger partial charge in [0.1, 0.15) is 10.7 Å². The SMILES string of the molecule is CCOC(=O)c1c(NC(=O)CSc2nnc(-c3ccccn3)n2C)sc(C(N)=O)c1C. The van der Waals surface area contributed by atoms with Crippen molar-refractivity contribution in [3.8, 4) is 11.5 Å². The lowest BCUT2D eigenvalue weighted by atomic mass is 10.1. The fourth-order valence-electron chi connectivity index (χ4n) is 2.74. The van der Waals surface area contributed by atoms with E-state index >= 15 is 0 Å². The first-order chi connectivity index (χ1) is 14.8. The van der Waals surface area contributed by atoms with Crippen LogP contribution in [0.2, 0.25) is 0 Å². The zero-order chi connectivity index (χ0) is 22.5. The van der Waals surface area contributed by atoms with Crippen LogP contribution < -0.4 is 11.1 Å². The second kappa shape index (κ2) is 9.71. The summed E-state index contributed by atoms with van der Waals surface area (Å²) in [6.07, 6.45) is 1.66. The highest BCUT2D eigenvalue weighted by molar-refractivity contribution is 7.99. The van der Waals surface area contributed by atoms with Crippen molar-refractivity contribution in [2.24, 2.45) is 12.8 Å². The number of ether oxygens (including phenoxy) is 1. The van der Waals surface area contributed by atoms with Crippen molar-refractivity contribution < 1.29 is 19.1 Å². The second-order valence-electron chi connectivity index (χ2n) is 6.26. The van der Waals surface area contributed by atoms with Crippen LogP contribution in [0.3, 0.4) is 0 Å². The largest absolute Gasteiger partial charge is 0.462 e. The van der Waals surface area contributed by atoms with Gasteiger partial charge in [-0.25, -0.2) is 4.79 Å². The fraction of sp³-hybridized carbons (Fsp3) is 0.263. The maximum Gasteiger partial charge on any atom is 0.341 e. The Morgan fingerprint density at radius 2 is 2.06 bits per heavy atom. The molecule has 0 unspecified atom stereocenters. The fourth-order valence-corrected chi connectivity index (χ4v) is 4.51. The molecule has 162 valence electrons. The molecule has 12 heteroatoms. The highest BCUT2D eigenvalue weighted by Crippen LogP contribution is 2.33. The molecule has 0 saturated carbocycles. The number of thiophene rings is 1. The maximum absolute atomic E-state index is 12.5. The molecule has 3 rings (SSSR count). The van der Waals surface area contributed by atoms with Crippen LogP contribution in [0.15, 0.2) is 29.6 Å². The van der Waals surface area contributed by atoms with Gasteiger partial charge in [0.15, 0.2) is 11.0 Å².